The molecule has 0 bridgehead atoms. The number of ether oxygens (including phenoxy) is 1. The van der Waals surface area contributed by atoms with Crippen LogP contribution in [0.1, 0.15) is 35.0 Å². The summed E-state index contributed by atoms with van der Waals surface area (Å²) >= 11 is 0. The number of hydrogen-bond acceptors (Lipinski definition) is 6. The summed E-state index contributed by atoms with van der Waals surface area (Å²) in [5.41, 5.74) is 3.95. The van der Waals surface area contributed by atoms with Crippen LogP contribution in [0.4, 0.5) is 4.39 Å². The fraction of sp³-hybridized carbons (Fsp3) is 0.227. The lowest BCUT2D eigenvalue weighted by Gasteiger charge is -2.10. The molecule has 3 heterocycles. The third-order valence-electron chi connectivity index (χ3n) is 4.60. The molecule has 1 aromatic carbocycles. The Bertz CT molecular complexity index is 1200. The predicted molar refractivity (Wildman–Crippen MR) is 110 cm³/mol. The molecule has 0 saturated carbocycles. The number of hydrogen-bond donors (Lipinski definition) is 0. The number of aromatic nitrogens is 5. The highest BCUT2D eigenvalue weighted by Gasteiger charge is 2.19. The highest BCUT2D eigenvalue weighted by molar-refractivity contribution is 5.79. The van der Waals surface area contributed by atoms with Crippen molar-refractivity contribution >= 4 is 17.5 Å². The highest BCUT2D eigenvalue weighted by Crippen LogP contribution is 2.27. The summed E-state index contributed by atoms with van der Waals surface area (Å²) in [7, 11) is 0. The zero-order valence-corrected chi connectivity index (χ0v) is 16.7. The maximum atomic E-state index is 13.9. The summed E-state index contributed by atoms with van der Waals surface area (Å²) in [5.74, 6) is 0.0812. The number of aryl methyl sites for hydroxylation is 1. The molecule has 7 nitrogen and oxygen atoms in total. The predicted octanol–water partition coefficient (Wildman–Crippen LogP) is 3.99. The van der Waals surface area contributed by atoms with E-state index in [1.807, 2.05) is 30.5 Å². The number of nitrogens with zero attached hydrogens (tertiary/aromatic N) is 5. The van der Waals surface area contributed by atoms with Crippen LogP contribution in [0.2, 0.25) is 0 Å². The van der Waals surface area contributed by atoms with Crippen LogP contribution in [0.15, 0.2) is 42.7 Å². The van der Waals surface area contributed by atoms with Crippen LogP contribution in [-0.2, 0) is 6.54 Å². The molecule has 0 unspecified atom stereocenters. The minimum atomic E-state index is -0.448. The van der Waals surface area contributed by atoms with Crippen LogP contribution >= 0.6 is 0 Å². The van der Waals surface area contributed by atoms with Crippen LogP contribution in [0.25, 0.3) is 22.6 Å². The third-order valence-corrected chi connectivity index (χ3v) is 4.60. The maximum Gasteiger partial charge on any atom is 0.318 e. The van der Waals surface area contributed by atoms with Crippen molar-refractivity contribution in [3.63, 3.8) is 0 Å². The van der Waals surface area contributed by atoms with Gasteiger partial charge in [-0.1, -0.05) is 31.2 Å². The number of carbonyl (C=O) groups excluding carboxylic acids is 1. The van der Waals surface area contributed by atoms with Crippen molar-refractivity contribution in [1.82, 2.24) is 24.5 Å². The lowest BCUT2D eigenvalue weighted by atomic mass is 10.1. The second-order valence-electron chi connectivity index (χ2n) is 6.89. The van der Waals surface area contributed by atoms with Gasteiger partial charge in [0.05, 0.1) is 25.0 Å². The molecule has 0 aliphatic heterocycles. The van der Waals surface area contributed by atoms with Crippen LogP contribution in [-0.4, -0.2) is 37.4 Å². The summed E-state index contributed by atoms with van der Waals surface area (Å²) < 4.78 is 21.4. The van der Waals surface area contributed by atoms with Crippen molar-refractivity contribution in [2.45, 2.75) is 26.8 Å². The van der Waals surface area contributed by atoms with E-state index in [1.165, 1.54) is 6.07 Å². The Kier molecular flexibility index (Phi) is 5.47. The first-order valence-corrected chi connectivity index (χ1v) is 9.61. The van der Waals surface area contributed by atoms with Crippen molar-refractivity contribution in [3.8, 4) is 17.4 Å². The van der Waals surface area contributed by atoms with E-state index in [4.69, 9.17) is 9.72 Å². The minimum Gasteiger partial charge on any atom is -0.463 e. The van der Waals surface area contributed by atoms with Gasteiger partial charge in [-0.25, -0.2) is 9.37 Å². The molecule has 0 saturated heterocycles. The summed E-state index contributed by atoms with van der Waals surface area (Å²) in [6, 6.07) is 8.90. The van der Waals surface area contributed by atoms with Gasteiger partial charge in [0.1, 0.15) is 23.4 Å². The molecule has 0 radical (unpaired) electrons. The number of carbonyl (C=O) groups is 1. The monoisotopic (exact) mass is 405 g/mol. The molecule has 4 aromatic rings. The van der Waals surface area contributed by atoms with E-state index in [9.17, 15) is 9.18 Å². The molecule has 0 spiro atoms. The number of halogens is 1. The Labute approximate surface area is 172 Å². The second kappa shape index (κ2) is 8.36. The van der Waals surface area contributed by atoms with Crippen molar-refractivity contribution in [2.75, 3.05) is 6.61 Å². The number of imidazole rings is 1. The topological polar surface area (TPSA) is 82.8 Å². The number of aldehydes is 1. The molecule has 0 fully saturated rings. The van der Waals surface area contributed by atoms with Gasteiger partial charge in [-0.05, 0) is 25.0 Å². The molecule has 8 heteroatoms. The first-order valence-electron chi connectivity index (χ1n) is 9.61. The van der Waals surface area contributed by atoms with Crippen LogP contribution in [0.5, 0.6) is 6.01 Å². The Hall–Kier alpha value is -3.68. The van der Waals surface area contributed by atoms with Gasteiger partial charge in [0, 0.05) is 17.3 Å². The Morgan fingerprint density at radius 1 is 1.13 bits per heavy atom. The van der Waals surface area contributed by atoms with Gasteiger partial charge >= 0.3 is 6.01 Å². The van der Waals surface area contributed by atoms with E-state index in [-0.39, 0.29) is 6.01 Å². The molecule has 4 rings (SSSR count). The number of pyridine rings is 1. The average Bonchev–Trinajstić information content (AvgIpc) is 3.12. The second-order valence-corrected chi connectivity index (χ2v) is 6.89. The first-order chi connectivity index (χ1) is 14.6. The molecule has 0 aliphatic carbocycles. The van der Waals surface area contributed by atoms with Crippen molar-refractivity contribution in [2.24, 2.45) is 0 Å². The fourth-order valence-electron chi connectivity index (χ4n) is 3.16. The molecular weight excluding hydrogens is 385 g/mol. The maximum absolute atomic E-state index is 13.9. The van der Waals surface area contributed by atoms with E-state index in [0.29, 0.717) is 47.0 Å². The van der Waals surface area contributed by atoms with Gasteiger partial charge < -0.3 is 9.30 Å². The summed E-state index contributed by atoms with van der Waals surface area (Å²) in [6.07, 6.45) is 4.35. The smallest absolute Gasteiger partial charge is 0.318 e. The van der Waals surface area contributed by atoms with E-state index in [0.717, 1.165) is 24.5 Å². The lowest BCUT2D eigenvalue weighted by Crippen LogP contribution is -2.06. The zero-order valence-electron chi connectivity index (χ0n) is 16.7. The quantitative estimate of drug-likeness (QED) is 0.433. The lowest BCUT2D eigenvalue weighted by molar-refractivity contribution is 0.112. The average molecular weight is 405 g/mol. The minimum absolute atomic E-state index is 0.281. The van der Waals surface area contributed by atoms with Gasteiger partial charge in [0.15, 0.2) is 5.65 Å². The third kappa shape index (κ3) is 3.89. The van der Waals surface area contributed by atoms with Gasteiger partial charge in [-0.2, -0.15) is 9.97 Å². The Balaban J connectivity index is 1.88. The molecule has 30 heavy (non-hydrogen) atoms. The Morgan fingerprint density at radius 3 is 2.63 bits per heavy atom. The van der Waals surface area contributed by atoms with Gasteiger partial charge in [-0.3, -0.25) is 9.78 Å². The largest absolute Gasteiger partial charge is 0.463 e. The Morgan fingerprint density at radius 2 is 1.93 bits per heavy atom. The number of benzene rings is 1. The molecule has 0 atom stereocenters. The molecular formula is C22H20FN5O2. The summed E-state index contributed by atoms with van der Waals surface area (Å²) in [6.45, 7) is 4.78. The normalized spacial score (nSPS) is 11.0. The van der Waals surface area contributed by atoms with Crippen LogP contribution in [0.3, 0.4) is 0 Å². The van der Waals surface area contributed by atoms with Crippen LogP contribution in [0, 0.1) is 12.7 Å². The van der Waals surface area contributed by atoms with Crippen molar-refractivity contribution < 1.29 is 13.9 Å². The van der Waals surface area contributed by atoms with Crippen molar-refractivity contribution in [3.05, 3.63) is 65.4 Å². The van der Waals surface area contributed by atoms with E-state index in [2.05, 4.69) is 15.0 Å². The first kappa shape index (κ1) is 19.6. The van der Waals surface area contributed by atoms with Gasteiger partial charge in [-0.15, -0.1) is 0 Å². The molecule has 152 valence electrons. The molecule has 3 aromatic heterocycles. The van der Waals surface area contributed by atoms with E-state index >= 15 is 0 Å². The SMILES string of the molecule is CCCOc1nc(C)c2nc(-c3cncc(F)c3)n(Cc3ccc(C=O)cc3)c2n1. The summed E-state index contributed by atoms with van der Waals surface area (Å²) in [5, 5.41) is 0. The van der Waals surface area contributed by atoms with E-state index in [1.54, 1.807) is 18.3 Å². The van der Waals surface area contributed by atoms with Gasteiger partial charge in [0.25, 0.3) is 0 Å². The number of fused-ring (bicyclic) bond motifs is 1. The zero-order chi connectivity index (χ0) is 21.1. The van der Waals surface area contributed by atoms with Gasteiger partial charge in [0.2, 0.25) is 0 Å². The van der Waals surface area contributed by atoms with E-state index < -0.39 is 5.82 Å². The highest BCUT2D eigenvalue weighted by atomic mass is 19.1. The molecule has 0 N–H and O–H groups in total. The standard InChI is InChI=1S/C22H20FN5O2/c1-3-8-30-22-25-14(2)19-21(27-22)28(12-15-4-6-16(13-29)7-5-15)20(26-19)17-9-18(23)11-24-10-17/h4-7,9-11,13H,3,8,12H2,1-2H3. The molecule has 0 aliphatic rings. The molecule has 0 amide bonds. The summed E-state index contributed by atoms with van der Waals surface area (Å²) in [4.78, 5) is 28.6. The number of rotatable bonds is 7. The van der Waals surface area contributed by atoms with Crippen molar-refractivity contribution in [1.29, 1.82) is 0 Å². The van der Waals surface area contributed by atoms with Crippen LogP contribution < -0.4 is 4.74 Å². The fourth-order valence-corrected chi connectivity index (χ4v) is 3.16.